The number of likely N-dealkylation sites (N-methyl/N-ethyl adjacent to an activating group) is 1. The van der Waals surface area contributed by atoms with Crippen molar-refractivity contribution in [1.29, 1.82) is 5.26 Å². The number of hydrogen-bond donors (Lipinski definition) is 4. The van der Waals surface area contributed by atoms with E-state index < -0.39 is 18.4 Å². The number of pyridine rings is 1. The molecule has 3 aromatic carbocycles. The molecule has 1 fully saturated rings. The number of aliphatic hydroxyl groups excluding tert-OH is 3. The van der Waals surface area contributed by atoms with Gasteiger partial charge in [-0.1, -0.05) is 60.5 Å². The van der Waals surface area contributed by atoms with E-state index >= 15 is 0 Å². The van der Waals surface area contributed by atoms with Gasteiger partial charge in [0.25, 0.3) is 0 Å². The van der Waals surface area contributed by atoms with Gasteiger partial charge in [0.2, 0.25) is 0 Å². The molecule has 288 valence electrons. The predicted molar refractivity (Wildman–Crippen MR) is 208 cm³/mol. The third-order valence-electron chi connectivity index (χ3n) is 9.98. The largest absolute Gasteiger partial charge is 0.492 e. The molecule has 0 bridgehead atoms. The Kier molecular flexibility index (Phi) is 14.6. The zero-order chi connectivity index (χ0) is 38.8. The van der Waals surface area contributed by atoms with Crippen LogP contribution in [0.4, 0.5) is 0 Å². The monoisotopic (exact) mass is 778 g/mol. The maximum Gasteiger partial charge on any atom is 0.172 e. The Hall–Kier alpha value is -3.96. The average Bonchev–Trinajstić information content (AvgIpc) is 3.59. The molecule has 0 radical (unpaired) electrons. The minimum Gasteiger partial charge on any atom is -0.492 e. The Morgan fingerprint density at radius 1 is 1.00 bits per heavy atom. The predicted octanol–water partition coefficient (Wildman–Crippen LogP) is 6.11. The molecule has 0 amide bonds. The van der Waals surface area contributed by atoms with Crippen LogP contribution in [-0.2, 0) is 19.8 Å². The van der Waals surface area contributed by atoms with Crippen LogP contribution < -0.4 is 14.2 Å². The van der Waals surface area contributed by atoms with Gasteiger partial charge in [-0.3, -0.25) is 9.88 Å². The summed E-state index contributed by atoms with van der Waals surface area (Å²) in [6.45, 7) is 8.75. The highest BCUT2D eigenvalue weighted by molar-refractivity contribution is 6.35. The van der Waals surface area contributed by atoms with Gasteiger partial charge in [-0.15, -0.1) is 0 Å². The van der Waals surface area contributed by atoms with Crippen molar-refractivity contribution in [1.82, 2.24) is 14.8 Å². The second-order valence-electron chi connectivity index (χ2n) is 13.7. The number of likely N-dealkylation sites (tertiary alicyclic amines) is 1. The van der Waals surface area contributed by atoms with Gasteiger partial charge in [-0.25, -0.2) is 0 Å². The summed E-state index contributed by atoms with van der Waals surface area (Å²) in [6.07, 6.45) is 2.67. The van der Waals surface area contributed by atoms with E-state index in [1.54, 1.807) is 36.2 Å². The number of nitriles is 1. The molecule has 1 saturated heterocycles. The van der Waals surface area contributed by atoms with Gasteiger partial charge >= 0.3 is 0 Å². The number of β-amino-alcohol motifs (C(OH)–C–C–N with tert-alkyl or cyclic N) is 1. The lowest BCUT2D eigenvalue weighted by atomic mass is 9.96. The van der Waals surface area contributed by atoms with Gasteiger partial charge in [0.05, 0.1) is 40.5 Å². The Bertz CT molecular complexity index is 1920. The summed E-state index contributed by atoms with van der Waals surface area (Å²) in [5.74, 6) is 1.41. The van der Waals surface area contributed by atoms with Crippen LogP contribution in [0.5, 0.6) is 17.2 Å². The van der Waals surface area contributed by atoms with Crippen LogP contribution in [0.1, 0.15) is 54.5 Å². The summed E-state index contributed by atoms with van der Waals surface area (Å²) in [5, 5.41) is 50.4. The summed E-state index contributed by atoms with van der Waals surface area (Å²) in [7, 11) is 0. The third kappa shape index (κ3) is 10.0. The fourth-order valence-corrected chi connectivity index (χ4v) is 7.06. The first-order chi connectivity index (χ1) is 26.0. The minimum atomic E-state index is -1.81. The van der Waals surface area contributed by atoms with E-state index in [-0.39, 0.29) is 25.9 Å². The number of nitrogens with zero attached hydrogens (tertiary/aromatic N) is 4. The van der Waals surface area contributed by atoms with Gasteiger partial charge in [-0.05, 0) is 68.1 Å². The lowest BCUT2D eigenvalue weighted by molar-refractivity contribution is -0.163. The van der Waals surface area contributed by atoms with Gasteiger partial charge in [0.15, 0.2) is 6.29 Å². The van der Waals surface area contributed by atoms with Crippen molar-refractivity contribution in [2.45, 2.75) is 71.3 Å². The second-order valence-corrected chi connectivity index (χ2v) is 14.5. The number of aromatic nitrogens is 1. The van der Waals surface area contributed by atoms with E-state index in [4.69, 9.17) is 37.4 Å². The van der Waals surface area contributed by atoms with E-state index in [0.717, 1.165) is 48.2 Å². The lowest BCUT2D eigenvalue weighted by Crippen LogP contribution is -2.56. The average molecular weight is 780 g/mol. The summed E-state index contributed by atoms with van der Waals surface area (Å²) in [5.41, 5.74) is 4.02. The molecule has 0 saturated carbocycles. The number of rotatable bonds is 18. The molecule has 54 heavy (non-hydrogen) atoms. The first-order valence-corrected chi connectivity index (χ1v) is 18.8. The quantitative estimate of drug-likeness (QED) is 0.0684. The van der Waals surface area contributed by atoms with Crippen molar-refractivity contribution in [2.75, 3.05) is 39.4 Å². The molecule has 2 atom stereocenters. The zero-order valence-electron chi connectivity index (χ0n) is 30.8. The molecular formula is C41H48Cl2N4O7. The smallest absolute Gasteiger partial charge is 0.172 e. The third-order valence-corrected chi connectivity index (χ3v) is 10.7. The molecule has 4 aromatic rings. The van der Waals surface area contributed by atoms with Crippen LogP contribution in [0.15, 0.2) is 67.0 Å². The normalized spacial score (nSPS) is 15.7. The van der Waals surface area contributed by atoms with Crippen molar-refractivity contribution < 1.29 is 34.6 Å². The fourth-order valence-electron chi connectivity index (χ4n) is 6.54. The molecule has 0 spiro atoms. The molecule has 1 aromatic heterocycles. The fraction of sp³-hybridized carbons (Fsp3) is 0.415. The molecule has 4 N–H and O–H groups in total. The molecule has 1 aliphatic rings. The first kappa shape index (κ1) is 41.2. The van der Waals surface area contributed by atoms with Crippen molar-refractivity contribution in [3.8, 4) is 34.4 Å². The molecule has 1 aliphatic heterocycles. The summed E-state index contributed by atoms with van der Waals surface area (Å²) >= 11 is 13.7. The number of aliphatic hydroxyl groups is 4. The number of halogens is 2. The second kappa shape index (κ2) is 19.1. The van der Waals surface area contributed by atoms with E-state index in [1.165, 1.54) is 6.20 Å². The van der Waals surface area contributed by atoms with E-state index in [9.17, 15) is 25.7 Å². The van der Waals surface area contributed by atoms with E-state index in [1.807, 2.05) is 50.2 Å². The number of ether oxygens (including phenoxy) is 3. The van der Waals surface area contributed by atoms with Crippen LogP contribution in [0.25, 0.3) is 11.1 Å². The Balaban J connectivity index is 1.35. The topological polar surface area (TPSA) is 152 Å². The van der Waals surface area contributed by atoms with Crippen molar-refractivity contribution in [3.05, 3.63) is 105 Å². The van der Waals surface area contributed by atoms with Crippen molar-refractivity contribution in [2.24, 2.45) is 0 Å². The Morgan fingerprint density at radius 2 is 1.76 bits per heavy atom. The van der Waals surface area contributed by atoms with Crippen LogP contribution >= 0.6 is 23.2 Å². The number of benzene rings is 3. The standard InChI is InChI=1S/C41H48Cl2N4O7/c1-4-47(41(3,26-48)40(50)51)22-31-17-35(42)38(18-37(31)53-24-29-16-28(19-44)20-45-21-29)54-25-30-8-5-9-33(27(30)2)34-10-6-11-36(39(34)43)52-15-7-13-46-14-12-32(49)23-46/h5-6,8-11,16-18,20-21,32,40,48-51H,4,7,12-15,22-26H2,1-3H3/t32-,41-/m1/s1. The Labute approximate surface area is 326 Å². The molecule has 0 aliphatic carbocycles. The highest BCUT2D eigenvalue weighted by atomic mass is 35.5. The zero-order valence-corrected chi connectivity index (χ0v) is 32.4. The van der Waals surface area contributed by atoms with Gasteiger partial charge in [-0.2, -0.15) is 5.26 Å². The van der Waals surface area contributed by atoms with E-state index in [2.05, 4.69) is 16.0 Å². The van der Waals surface area contributed by atoms with Crippen molar-refractivity contribution in [3.63, 3.8) is 0 Å². The van der Waals surface area contributed by atoms with Crippen LogP contribution in [0.2, 0.25) is 10.0 Å². The number of hydrogen-bond acceptors (Lipinski definition) is 11. The molecule has 5 rings (SSSR count). The van der Waals surface area contributed by atoms with Crippen molar-refractivity contribution >= 4 is 23.2 Å². The van der Waals surface area contributed by atoms with Gasteiger partial charge < -0.3 is 39.5 Å². The lowest BCUT2D eigenvalue weighted by Gasteiger charge is -2.40. The highest BCUT2D eigenvalue weighted by Crippen LogP contribution is 2.39. The molecule has 0 unspecified atom stereocenters. The molecule has 13 heteroatoms. The summed E-state index contributed by atoms with van der Waals surface area (Å²) in [6, 6.07) is 18.9. The molecular weight excluding hydrogens is 731 g/mol. The maximum atomic E-state index is 10.1. The van der Waals surface area contributed by atoms with Crippen LogP contribution in [0, 0.1) is 18.3 Å². The van der Waals surface area contributed by atoms with Gasteiger partial charge in [0.1, 0.15) is 36.5 Å². The summed E-state index contributed by atoms with van der Waals surface area (Å²) in [4.78, 5) is 8.10. The van der Waals surface area contributed by atoms with Crippen LogP contribution in [-0.4, -0.2) is 92.5 Å². The summed E-state index contributed by atoms with van der Waals surface area (Å²) < 4.78 is 18.7. The molecule has 11 nitrogen and oxygen atoms in total. The van der Waals surface area contributed by atoms with Gasteiger partial charge in [0, 0.05) is 61.3 Å². The maximum absolute atomic E-state index is 10.1. The Morgan fingerprint density at radius 3 is 2.46 bits per heavy atom. The van der Waals surface area contributed by atoms with E-state index in [0.29, 0.717) is 63.7 Å². The minimum absolute atomic E-state index is 0.0931. The van der Waals surface area contributed by atoms with Crippen LogP contribution in [0.3, 0.4) is 0 Å². The molecule has 2 heterocycles. The highest BCUT2D eigenvalue weighted by Gasteiger charge is 2.37. The SMILES string of the molecule is CCN(Cc1cc(Cl)c(OCc2cccc(-c3cccc(OCCCN4CC[C@@H](O)C4)c3Cl)c2C)cc1OCc1cncc(C#N)c1)[C@](C)(CO)C(O)O. The first-order valence-electron chi connectivity index (χ1n) is 18.0.